The summed E-state index contributed by atoms with van der Waals surface area (Å²) in [5.41, 5.74) is 1.15. The Kier molecular flexibility index (Phi) is 5.78. The van der Waals surface area contributed by atoms with Crippen LogP contribution in [-0.4, -0.2) is 30.1 Å². The third kappa shape index (κ3) is 4.18. The molecule has 31 heavy (non-hydrogen) atoms. The molecule has 4 rings (SSSR count). The molecule has 0 aliphatic heterocycles. The molecule has 0 radical (unpaired) electrons. The average Bonchev–Trinajstić information content (AvgIpc) is 2.77. The number of carboxylic acid groups (broad SMARTS) is 1. The molecule has 0 aliphatic carbocycles. The summed E-state index contributed by atoms with van der Waals surface area (Å²) in [5, 5.41) is 16.2. The van der Waals surface area contributed by atoms with Gasteiger partial charge in [-0.25, -0.2) is 4.79 Å². The van der Waals surface area contributed by atoms with Gasteiger partial charge in [-0.15, -0.1) is 0 Å². The molecule has 0 spiro atoms. The maximum Gasteiger partial charge on any atom is 0.326 e. The smallest absolute Gasteiger partial charge is 0.326 e. The molecule has 2 N–H and O–H groups in total. The van der Waals surface area contributed by atoms with Crippen molar-refractivity contribution in [1.82, 2.24) is 5.32 Å². The molecule has 156 valence electrons. The fourth-order valence-electron chi connectivity index (χ4n) is 3.76. The van der Waals surface area contributed by atoms with E-state index in [1.165, 1.54) is 7.11 Å². The van der Waals surface area contributed by atoms with E-state index in [1.54, 1.807) is 18.2 Å². The summed E-state index contributed by atoms with van der Waals surface area (Å²) in [7, 11) is 1.51. The zero-order chi connectivity index (χ0) is 22.0. The number of rotatable bonds is 6. The van der Waals surface area contributed by atoms with Gasteiger partial charge >= 0.3 is 5.97 Å². The van der Waals surface area contributed by atoms with Gasteiger partial charge in [0.15, 0.2) is 0 Å². The first-order valence-electron chi connectivity index (χ1n) is 9.74. The molecule has 4 aromatic rings. The first-order valence-corrected chi connectivity index (χ1v) is 10.1. The summed E-state index contributed by atoms with van der Waals surface area (Å²) in [4.78, 5) is 25.3. The number of nitrogens with one attached hydrogen (secondary N) is 1. The van der Waals surface area contributed by atoms with Crippen molar-refractivity contribution in [1.29, 1.82) is 0 Å². The Hall–Kier alpha value is -3.57. The van der Waals surface area contributed by atoms with Crippen LogP contribution in [0.3, 0.4) is 0 Å². The minimum Gasteiger partial charge on any atom is -0.495 e. The summed E-state index contributed by atoms with van der Waals surface area (Å²) in [6, 6.07) is 21.1. The molecule has 0 heterocycles. The van der Waals surface area contributed by atoms with Gasteiger partial charge in [-0.1, -0.05) is 66.2 Å². The molecule has 0 bridgehead atoms. The number of ether oxygens (including phenoxy) is 1. The molecule has 0 aliphatic rings. The van der Waals surface area contributed by atoms with E-state index in [0.29, 0.717) is 21.9 Å². The van der Waals surface area contributed by atoms with Gasteiger partial charge in [-0.2, -0.15) is 0 Å². The number of amides is 1. The number of carbonyl (C=O) groups is 2. The van der Waals surface area contributed by atoms with Crippen molar-refractivity contribution in [2.45, 2.75) is 12.5 Å². The summed E-state index contributed by atoms with van der Waals surface area (Å²) in [6.45, 7) is 0. The lowest BCUT2D eigenvalue weighted by Crippen LogP contribution is -2.42. The van der Waals surface area contributed by atoms with Crippen LogP contribution in [-0.2, 0) is 11.2 Å². The van der Waals surface area contributed by atoms with Crippen LogP contribution in [0.2, 0.25) is 5.02 Å². The maximum absolute atomic E-state index is 13.3. The van der Waals surface area contributed by atoms with Gasteiger partial charge < -0.3 is 15.2 Å². The SMILES string of the molecule is COc1ccc(C[C@H](NC(=O)c2c3ccccc3cc3ccccc23)C(=O)O)cc1Cl. The minimum atomic E-state index is -1.12. The first kappa shape index (κ1) is 20.7. The van der Waals surface area contributed by atoms with Crippen molar-refractivity contribution in [3.8, 4) is 5.75 Å². The second-order valence-electron chi connectivity index (χ2n) is 7.23. The number of hydrogen-bond acceptors (Lipinski definition) is 3. The normalized spacial score (nSPS) is 11.9. The molecule has 0 saturated carbocycles. The molecular formula is C25H20ClNO4. The fourth-order valence-corrected chi connectivity index (χ4v) is 4.04. The molecule has 0 saturated heterocycles. The van der Waals surface area contributed by atoms with E-state index in [9.17, 15) is 14.7 Å². The highest BCUT2D eigenvalue weighted by atomic mass is 35.5. The largest absolute Gasteiger partial charge is 0.495 e. The predicted octanol–water partition coefficient (Wildman–Crippen LogP) is 5.08. The lowest BCUT2D eigenvalue weighted by Gasteiger charge is -2.17. The highest BCUT2D eigenvalue weighted by Gasteiger charge is 2.24. The molecular weight excluding hydrogens is 414 g/mol. The number of aliphatic carboxylic acids is 1. The summed E-state index contributed by atoms with van der Waals surface area (Å²) < 4.78 is 5.14. The van der Waals surface area contributed by atoms with Crippen molar-refractivity contribution in [2.75, 3.05) is 7.11 Å². The van der Waals surface area contributed by atoms with E-state index in [-0.39, 0.29) is 6.42 Å². The van der Waals surface area contributed by atoms with Gasteiger partial charge in [0.05, 0.1) is 17.7 Å². The summed E-state index contributed by atoms with van der Waals surface area (Å²) >= 11 is 6.17. The van der Waals surface area contributed by atoms with Gasteiger partial charge in [-0.3, -0.25) is 4.79 Å². The van der Waals surface area contributed by atoms with E-state index >= 15 is 0 Å². The van der Waals surface area contributed by atoms with Crippen LogP contribution in [0.1, 0.15) is 15.9 Å². The van der Waals surface area contributed by atoms with Crippen LogP contribution in [0.15, 0.2) is 72.8 Å². The lowest BCUT2D eigenvalue weighted by atomic mass is 9.95. The van der Waals surface area contributed by atoms with Crippen molar-refractivity contribution in [3.63, 3.8) is 0 Å². The van der Waals surface area contributed by atoms with Crippen molar-refractivity contribution >= 4 is 45.0 Å². The number of carboxylic acids is 1. The topological polar surface area (TPSA) is 75.6 Å². The standard InChI is InChI=1S/C25H20ClNO4/c1-31-22-11-10-15(12-20(22)26)13-21(25(29)30)27-24(28)23-18-8-4-2-6-16(18)14-17-7-3-5-9-19(17)23/h2-12,14,21H,13H2,1H3,(H,27,28)(H,29,30)/t21-/m0/s1. The van der Waals surface area contributed by atoms with Crippen molar-refractivity contribution in [3.05, 3.63) is 88.9 Å². The number of benzene rings is 4. The monoisotopic (exact) mass is 433 g/mol. The van der Waals surface area contributed by atoms with Crippen LogP contribution in [0, 0.1) is 0 Å². The Labute approximate surface area is 184 Å². The molecule has 1 atom stereocenters. The second-order valence-corrected chi connectivity index (χ2v) is 7.64. The van der Waals surface area contributed by atoms with Gasteiger partial charge in [0.1, 0.15) is 11.8 Å². The Morgan fingerprint density at radius 2 is 1.58 bits per heavy atom. The van der Waals surface area contributed by atoms with Gasteiger partial charge in [0.25, 0.3) is 5.91 Å². The Morgan fingerprint density at radius 3 is 2.13 bits per heavy atom. The van der Waals surface area contributed by atoms with Crippen LogP contribution in [0.4, 0.5) is 0 Å². The molecule has 5 nitrogen and oxygen atoms in total. The highest BCUT2D eigenvalue weighted by molar-refractivity contribution is 6.32. The van der Waals surface area contributed by atoms with Gasteiger partial charge in [0, 0.05) is 6.42 Å². The fraction of sp³-hybridized carbons (Fsp3) is 0.120. The quantitative estimate of drug-likeness (QED) is 0.416. The molecule has 0 fully saturated rings. The summed E-state index contributed by atoms with van der Waals surface area (Å²) in [6.07, 6.45) is 0.0908. The van der Waals surface area contributed by atoms with Crippen molar-refractivity contribution < 1.29 is 19.4 Å². The zero-order valence-electron chi connectivity index (χ0n) is 16.8. The number of halogens is 1. The molecule has 0 unspecified atom stereocenters. The van der Waals surface area contributed by atoms with E-state index < -0.39 is 17.9 Å². The number of carbonyl (C=O) groups excluding carboxylic acids is 1. The zero-order valence-corrected chi connectivity index (χ0v) is 17.5. The Balaban J connectivity index is 1.70. The average molecular weight is 434 g/mol. The van der Waals surface area contributed by atoms with Crippen molar-refractivity contribution in [2.24, 2.45) is 0 Å². The second kappa shape index (κ2) is 8.66. The third-order valence-corrected chi connectivity index (χ3v) is 5.55. The Bertz CT molecular complexity index is 1250. The van der Waals surface area contributed by atoms with E-state index in [1.807, 2.05) is 54.6 Å². The number of methoxy groups -OCH3 is 1. The van der Waals surface area contributed by atoms with E-state index in [0.717, 1.165) is 21.5 Å². The Morgan fingerprint density at radius 1 is 0.968 bits per heavy atom. The molecule has 0 aromatic heterocycles. The maximum atomic E-state index is 13.3. The van der Waals surface area contributed by atoms with Crippen LogP contribution >= 0.6 is 11.6 Å². The van der Waals surface area contributed by atoms with Gasteiger partial charge in [0.2, 0.25) is 0 Å². The van der Waals surface area contributed by atoms with Crippen LogP contribution in [0.5, 0.6) is 5.75 Å². The van der Waals surface area contributed by atoms with Crippen LogP contribution in [0.25, 0.3) is 21.5 Å². The predicted molar refractivity (Wildman–Crippen MR) is 122 cm³/mol. The molecule has 6 heteroatoms. The number of hydrogen-bond donors (Lipinski definition) is 2. The first-order chi connectivity index (χ1) is 15.0. The number of fused-ring (bicyclic) bond motifs is 2. The highest BCUT2D eigenvalue weighted by Crippen LogP contribution is 2.29. The lowest BCUT2D eigenvalue weighted by molar-refractivity contribution is -0.139. The molecule has 4 aromatic carbocycles. The summed E-state index contributed by atoms with van der Waals surface area (Å²) in [5.74, 6) is -1.05. The third-order valence-electron chi connectivity index (χ3n) is 5.26. The molecule has 1 amide bonds. The minimum absolute atomic E-state index is 0.0908. The van der Waals surface area contributed by atoms with E-state index in [4.69, 9.17) is 16.3 Å². The van der Waals surface area contributed by atoms with E-state index in [2.05, 4.69) is 5.32 Å². The van der Waals surface area contributed by atoms with Gasteiger partial charge in [-0.05, 0) is 45.3 Å². The van der Waals surface area contributed by atoms with Crippen LogP contribution < -0.4 is 10.1 Å².